The molecule has 0 fully saturated rings. The molecule has 0 aromatic heterocycles. The Labute approximate surface area is 215 Å². The average Bonchev–Trinajstić information content (AvgIpc) is 2.78. The molecule has 3 aromatic carbocycles. The third-order valence-electron chi connectivity index (χ3n) is 5.99. The summed E-state index contributed by atoms with van der Waals surface area (Å²) >= 11 is 0. The Morgan fingerprint density at radius 2 is 0.886 bits per heavy atom. The first-order valence-corrected chi connectivity index (χ1v) is 13.7. The molecular formula is C34H39P. The Hall–Kier alpha value is -2.79. The molecule has 0 heterocycles. The molecule has 180 valence electrons. The molecule has 0 radical (unpaired) electrons. The lowest BCUT2D eigenvalue weighted by Crippen LogP contribution is -2.31. The fraction of sp³-hybridized carbons (Fsp3) is 0.353. The van der Waals surface area contributed by atoms with E-state index in [0.717, 1.165) is 11.1 Å². The predicted molar refractivity (Wildman–Crippen MR) is 156 cm³/mol. The lowest BCUT2D eigenvalue weighted by atomic mass is 9.75. The van der Waals surface area contributed by atoms with Crippen LogP contribution in [0.4, 0.5) is 0 Å². The van der Waals surface area contributed by atoms with Crippen LogP contribution in [-0.2, 0) is 16.2 Å². The molecule has 0 spiro atoms. The van der Waals surface area contributed by atoms with Crippen molar-refractivity contribution >= 4 is 13.2 Å². The summed E-state index contributed by atoms with van der Waals surface area (Å²) in [7, 11) is -1.04. The Kier molecular flexibility index (Phi) is 8.00. The van der Waals surface area contributed by atoms with Crippen molar-refractivity contribution in [2.24, 2.45) is 0 Å². The van der Waals surface area contributed by atoms with Gasteiger partial charge in [-0.1, -0.05) is 134 Å². The number of benzene rings is 3. The molecule has 0 aliphatic carbocycles. The molecule has 0 saturated heterocycles. The fourth-order valence-corrected chi connectivity index (χ4v) is 5.92. The van der Waals surface area contributed by atoms with Gasteiger partial charge in [-0.3, -0.25) is 0 Å². The molecule has 0 N–H and O–H groups in total. The van der Waals surface area contributed by atoms with E-state index in [-0.39, 0.29) is 16.2 Å². The number of rotatable bonds is 1. The van der Waals surface area contributed by atoms with Gasteiger partial charge in [0.25, 0.3) is 0 Å². The zero-order chi connectivity index (χ0) is 25.9. The maximum atomic E-state index is 3.65. The molecule has 0 unspecified atom stereocenters. The molecule has 35 heavy (non-hydrogen) atoms. The number of hydrogen-bond donors (Lipinski definition) is 0. The lowest BCUT2D eigenvalue weighted by Gasteiger charge is -2.34. The van der Waals surface area contributed by atoms with Crippen LogP contribution < -0.4 is 5.30 Å². The van der Waals surface area contributed by atoms with Crippen LogP contribution in [-0.4, -0.2) is 0 Å². The van der Waals surface area contributed by atoms with E-state index in [1.807, 2.05) is 36.4 Å². The summed E-state index contributed by atoms with van der Waals surface area (Å²) in [5.74, 6) is 6.92. The van der Waals surface area contributed by atoms with Gasteiger partial charge in [0.05, 0.1) is 7.92 Å². The Morgan fingerprint density at radius 3 is 1.20 bits per heavy atom. The van der Waals surface area contributed by atoms with E-state index < -0.39 is 7.92 Å². The maximum absolute atomic E-state index is 3.65. The first kappa shape index (κ1) is 26.8. The second-order valence-corrected chi connectivity index (χ2v) is 13.8. The van der Waals surface area contributed by atoms with Gasteiger partial charge < -0.3 is 0 Å². The lowest BCUT2D eigenvalue weighted by molar-refractivity contribution is 0.553. The Morgan fingerprint density at radius 1 is 0.514 bits per heavy atom. The van der Waals surface area contributed by atoms with E-state index in [4.69, 9.17) is 0 Å². The highest BCUT2D eigenvalue weighted by Crippen LogP contribution is 2.43. The zero-order valence-electron chi connectivity index (χ0n) is 22.9. The van der Waals surface area contributed by atoms with Crippen molar-refractivity contribution in [1.29, 1.82) is 0 Å². The molecule has 1 heteroatoms. The predicted octanol–water partition coefficient (Wildman–Crippen LogP) is 8.70. The van der Waals surface area contributed by atoms with E-state index in [1.54, 1.807) is 0 Å². The summed E-state index contributed by atoms with van der Waals surface area (Å²) in [5.41, 5.74) is 13.5. The van der Waals surface area contributed by atoms with Crippen molar-refractivity contribution in [2.45, 2.75) is 78.6 Å². The largest absolute Gasteiger partial charge is 0.0824 e. The summed E-state index contributed by atoms with van der Waals surface area (Å²) in [6.45, 7) is 20.8. The highest BCUT2D eigenvalue weighted by atomic mass is 31.1. The third-order valence-corrected chi connectivity index (χ3v) is 7.59. The van der Waals surface area contributed by atoms with Crippen LogP contribution in [0.5, 0.6) is 0 Å². The van der Waals surface area contributed by atoms with E-state index >= 15 is 0 Å². The van der Waals surface area contributed by atoms with Crippen molar-refractivity contribution in [3.05, 3.63) is 101 Å². The van der Waals surface area contributed by atoms with Crippen LogP contribution in [0, 0.1) is 23.2 Å². The summed E-state index contributed by atoms with van der Waals surface area (Å²) in [5, 5.41) is 1.33. The van der Waals surface area contributed by atoms with Crippen LogP contribution in [0.3, 0.4) is 0 Å². The average molecular weight is 479 g/mol. The van der Waals surface area contributed by atoms with E-state index in [9.17, 15) is 0 Å². The van der Waals surface area contributed by atoms with Gasteiger partial charge in [-0.15, -0.1) is 0 Å². The molecule has 3 aromatic rings. The highest BCUT2D eigenvalue weighted by Gasteiger charge is 2.31. The second kappa shape index (κ2) is 10.4. The second-order valence-electron chi connectivity index (χ2n) is 12.2. The molecule has 0 nitrogen and oxygen atoms in total. The smallest absolute Gasteiger partial charge is 0.0622 e. The van der Waals surface area contributed by atoms with Gasteiger partial charge in [-0.25, -0.2) is 0 Å². The molecule has 0 aliphatic rings. The van der Waals surface area contributed by atoms with Gasteiger partial charge in [-0.05, 0) is 57.2 Å². The summed E-state index contributed by atoms with van der Waals surface area (Å²) in [6, 6.07) is 25.4. The van der Waals surface area contributed by atoms with Crippen molar-refractivity contribution in [3.8, 4) is 23.2 Å². The minimum atomic E-state index is -1.04. The highest BCUT2D eigenvalue weighted by molar-refractivity contribution is 7.75. The van der Waals surface area contributed by atoms with Crippen molar-refractivity contribution in [2.75, 3.05) is 0 Å². The van der Waals surface area contributed by atoms with Crippen LogP contribution in [0.15, 0.2) is 72.8 Å². The minimum Gasteiger partial charge on any atom is -0.0622 e. The number of hydrogen-bond acceptors (Lipinski definition) is 0. The van der Waals surface area contributed by atoms with Crippen LogP contribution >= 0.6 is 7.92 Å². The van der Waals surface area contributed by atoms with Crippen molar-refractivity contribution in [1.82, 2.24) is 0 Å². The van der Waals surface area contributed by atoms with Crippen LogP contribution in [0.25, 0.3) is 0 Å². The molecule has 0 atom stereocenters. The molecular weight excluding hydrogens is 439 g/mol. The van der Waals surface area contributed by atoms with Gasteiger partial charge in [-0.2, -0.15) is 0 Å². The monoisotopic (exact) mass is 478 g/mol. The maximum Gasteiger partial charge on any atom is 0.0824 e. The van der Waals surface area contributed by atoms with Gasteiger partial charge in [0.15, 0.2) is 0 Å². The molecule has 0 saturated carbocycles. The quantitative estimate of drug-likeness (QED) is 0.242. The van der Waals surface area contributed by atoms with Crippen LogP contribution in [0.1, 0.15) is 90.1 Å². The van der Waals surface area contributed by atoms with E-state index in [2.05, 4.69) is 122 Å². The van der Waals surface area contributed by atoms with Gasteiger partial charge in [0.2, 0.25) is 0 Å². The Bertz CT molecular complexity index is 1180. The van der Waals surface area contributed by atoms with Gasteiger partial charge >= 0.3 is 0 Å². The van der Waals surface area contributed by atoms with Gasteiger partial charge in [0.1, 0.15) is 0 Å². The zero-order valence-corrected chi connectivity index (χ0v) is 23.8. The normalized spacial score (nSPS) is 11.9. The van der Waals surface area contributed by atoms with Crippen molar-refractivity contribution < 1.29 is 0 Å². The summed E-state index contributed by atoms with van der Waals surface area (Å²) < 4.78 is 0. The molecule has 3 rings (SSSR count). The Balaban J connectivity index is 2.36. The molecule has 0 aliphatic heterocycles. The first-order chi connectivity index (χ1) is 16.3. The minimum absolute atomic E-state index is 0.0277. The summed E-state index contributed by atoms with van der Waals surface area (Å²) in [6.07, 6.45) is 0. The molecule has 0 bridgehead atoms. The van der Waals surface area contributed by atoms with Crippen molar-refractivity contribution in [3.63, 3.8) is 0 Å². The SMILES string of the molecule is CC(C)(C)c1cc(C(C)(C)C)c(P(C#Cc2ccccc2)C#Cc2ccccc2)c(C(C)(C)C)c1. The van der Waals surface area contributed by atoms with Gasteiger partial charge in [0, 0.05) is 16.4 Å². The molecule has 0 amide bonds. The van der Waals surface area contributed by atoms with Crippen LogP contribution in [0.2, 0.25) is 0 Å². The van der Waals surface area contributed by atoms with E-state index in [0.29, 0.717) is 0 Å². The topological polar surface area (TPSA) is 0 Å². The van der Waals surface area contributed by atoms with E-state index in [1.165, 1.54) is 22.0 Å². The summed E-state index contributed by atoms with van der Waals surface area (Å²) in [4.78, 5) is 0. The standard InChI is InChI=1S/C34H39P/c1-32(2,3)28-24-29(33(4,5)6)31(30(25-28)34(7,8)9)35(22-20-26-16-12-10-13-17-26)23-21-27-18-14-11-15-19-27/h10-19,24-25H,1-9H3. The first-order valence-electron chi connectivity index (χ1n) is 12.4. The fourth-order valence-electron chi connectivity index (χ4n) is 3.88. The third kappa shape index (κ3) is 7.11.